The number of methoxy groups -OCH3 is 2. The molecule has 0 spiro atoms. The molecule has 2 rings (SSSR count). The van der Waals surface area contributed by atoms with E-state index in [1.165, 1.54) is 0 Å². The maximum Gasteiger partial charge on any atom is 0.132 e. The SMILES string of the molecule is COc1cc(CCNCc2ccccc2OC)c(O)cc1I. The summed E-state index contributed by atoms with van der Waals surface area (Å²) in [6.45, 7) is 1.49. The summed E-state index contributed by atoms with van der Waals surface area (Å²) in [5.74, 6) is 1.98. The fourth-order valence-electron chi connectivity index (χ4n) is 2.24. The van der Waals surface area contributed by atoms with Crippen LogP contribution in [0, 0.1) is 3.57 Å². The molecule has 0 aromatic heterocycles. The average molecular weight is 413 g/mol. The van der Waals surface area contributed by atoms with Gasteiger partial charge in [0.1, 0.15) is 17.2 Å². The number of para-hydroxylation sites is 1. The zero-order chi connectivity index (χ0) is 15.9. The molecule has 0 radical (unpaired) electrons. The third-order valence-electron chi connectivity index (χ3n) is 3.43. The smallest absolute Gasteiger partial charge is 0.132 e. The molecule has 0 saturated heterocycles. The van der Waals surface area contributed by atoms with E-state index in [2.05, 4.69) is 27.9 Å². The van der Waals surface area contributed by atoms with E-state index in [-0.39, 0.29) is 0 Å². The van der Waals surface area contributed by atoms with E-state index in [4.69, 9.17) is 9.47 Å². The molecule has 2 aromatic rings. The zero-order valence-corrected chi connectivity index (χ0v) is 14.9. The van der Waals surface area contributed by atoms with Crippen molar-refractivity contribution in [3.8, 4) is 17.2 Å². The summed E-state index contributed by atoms with van der Waals surface area (Å²) in [4.78, 5) is 0. The second kappa shape index (κ2) is 8.24. The lowest BCUT2D eigenvalue weighted by Gasteiger charge is -2.11. The second-order valence-electron chi connectivity index (χ2n) is 4.85. The molecule has 0 aliphatic rings. The van der Waals surface area contributed by atoms with Gasteiger partial charge in [-0.25, -0.2) is 0 Å². The van der Waals surface area contributed by atoms with E-state index < -0.39 is 0 Å². The van der Waals surface area contributed by atoms with E-state index in [1.807, 2.05) is 30.3 Å². The molecule has 0 unspecified atom stereocenters. The maximum absolute atomic E-state index is 10.0. The third kappa shape index (κ3) is 4.27. The minimum absolute atomic E-state index is 0.310. The number of ether oxygens (including phenoxy) is 2. The zero-order valence-electron chi connectivity index (χ0n) is 12.7. The van der Waals surface area contributed by atoms with Crippen molar-refractivity contribution in [1.82, 2.24) is 5.32 Å². The van der Waals surface area contributed by atoms with Gasteiger partial charge in [0.25, 0.3) is 0 Å². The highest BCUT2D eigenvalue weighted by molar-refractivity contribution is 14.1. The van der Waals surface area contributed by atoms with Gasteiger partial charge in [0.2, 0.25) is 0 Å². The van der Waals surface area contributed by atoms with E-state index in [0.29, 0.717) is 5.75 Å². The normalized spacial score (nSPS) is 10.5. The monoisotopic (exact) mass is 413 g/mol. The first kappa shape index (κ1) is 16.9. The van der Waals surface area contributed by atoms with Crippen molar-refractivity contribution in [2.24, 2.45) is 0 Å². The molecule has 0 amide bonds. The van der Waals surface area contributed by atoms with Crippen LogP contribution in [0.2, 0.25) is 0 Å². The Morgan fingerprint density at radius 2 is 1.77 bits per heavy atom. The molecule has 2 aromatic carbocycles. The number of hydrogen-bond donors (Lipinski definition) is 2. The second-order valence-corrected chi connectivity index (χ2v) is 6.02. The van der Waals surface area contributed by atoms with Crippen LogP contribution in [0.5, 0.6) is 17.2 Å². The highest BCUT2D eigenvalue weighted by Gasteiger charge is 2.08. The third-order valence-corrected chi connectivity index (χ3v) is 4.28. The molecule has 2 N–H and O–H groups in total. The van der Waals surface area contributed by atoms with Gasteiger partial charge in [-0.05, 0) is 59.3 Å². The van der Waals surface area contributed by atoms with Crippen LogP contribution < -0.4 is 14.8 Å². The molecule has 0 aliphatic heterocycles. The van der Waals surface area contributed by atoms with E-state index in [0.717, 1.165) is 45.7 Å². The molecule has 5 heteroatoms. The highest BCUT2D eigenvalue weighted by Crippen LogP contribution is 2.29. The minimum atomic E-state index is 0.310. The van der Waals surface area contributed by atoms with Gasteiger partial charge in [-0.2, -0.15) is 0 Å². The first-order valence-electron chi connectivity index (χ1n) is 7.03. The van der Waals surface area contributed by atoms with Crippen LogP contribution in [-0.2, 0) is 13.0 Å². The van der Waals surface area contributed by atoms with Crippen molar-refractivity contribution in [2.75, 3.05) is 20.8 Å². The quantitative estimate of drug-likeness (QED) is 0.540. The van der Waals surface area contributed by atoms with Crippen LogP contribution in [0.1, 0.15) is 11.1 Å². The number of phenolic OH excluding ortho intramolecular Hbond substituents is 1. The Morgan fingerprint density at radius 3 is 2.50 bits per heavy atom. The summed E-state index contributed by atoms with van der Waals surface area (Å²) in [5.41, 5.74) is 2.00. The van der Waals surface area contributed by atoms with Crippen molar-refractivity contribution in [2.45, 2.75) is 13.0 Å². The molecular weight excluding hydrogens is 393 g/mol. The molecule has 22 heavy (non-hydrogen) atoms. The molecule has 0 bridgehead atoms. The first-order valence-corrected chi connectivity index (χ1v) is 8.11. The van der Waals surface area contributed by atoms with Gasteiger partial charge in [-0.15, -0.1) is 0 Å². The number of hydrogen-bond acceptors (Lipinski definition) is 4. The average Bonchev–Trinajstić information content (AvgIpc) is 2.53. The number of benzene rings is 2. The Hall–Kier alpha value is -1.47. The topological polar surface area (TPSA) is 50.7 Å². The lowest BCUT2D eigenvalue weighted by molar-refractivity contribution is 0.406. The predicted molar refractivity (Wildman–Crippen MR) is 95.8 cm³/mol. The molecule has 4 nitrogen and oxygen atoms in total. The van der Waals surface area contributed by atoms with Crippen molar-refractivity contribution >= 4 is 22.6 Å². The van der Waals surface area contributed by atoms with Gasteiger partial charge in [0, 0.05) is 12.1 Å². The van der Waals surface area contributed by atoms with Gasteiger partial charge in [0.05, 0.1) is 17.8 Å². The standard InChI is InChI=1S/C17H20INO3/c1-21-16-6-4-3-5-13(16)11-19-8-7-12-9-17(22-2)14(18)10-15(12)20/h3-6,9-10,19-20H,7-8,11H2,1-2H3. The summed E-state index contributed by atoms with van der Waals surface area (Å²) in [5, 5.41) is 13.4. The van der Waals surface area contributed by atoms with E-state index in [1.54, 1.807) is 20.3 Å². The van der Waals surface area contributed by atoms with Crippen molar-refractivity contribution in [1.29, 1.82) is 0 Å². The fraction of sp³-hybridized carbons (Fsp3) is 0.294. The highest BCUT2D eigenvalue weighted by atomic mass is 127. The Balaban J connectivity index is 1.91. The van der Waals surface area contributed by atoms with Crippen LogP contribution >= 0.6 is 22.6 Å². The van der Waals surface area contributed by atoms with Crippen LogP contribution in [0.3, 0.4) is 0 Å². The lowest BCUT2D eigenvalue weighted by Crippen LogP contribution is -2.17. The summed E-state index contributed by atoms with van der Waals surface area (Å²) >= 11 is 2.15. The van der Waals surface area contributed by atoms with Crippen LogP contribution in [0.25, 0.3) is 0 Å². The maximum atomic E-state index is 10.0. The molecule has 0 saturated carbocycles. The summed E-state index contributed by atoms with van der Waals surface area (Å²) in [6.07, 6.45) is 0.730. The number of halogens is 1. The molecule has 118 valence electrons. The van der Waals surface area contributed by atoms with Gasteiger partial charge >= 0.3 is 0 Å². The van der Waals surface area contributed by atoms with E-state index >= 15 is 0 Å². The van der Waals surface area contributed by atoms with Gasteiger partial charge in [-0.1, -0.05) is 18.2 Å². The summed E-state index contributed by atoms with van der Waals surface area (Å²) in [6, 6.07) is 11.6. The van der Waals surface area contributed by atoms with Crippen LogP contribution in [0.15, 0.2) is 36.4 Å². The van der Waals surface area contributed by atoms with Gasteiger partial charge < -0.3 is 19.9 Å². The molecule has 0 aliphatic carbocycles. The number of phenols is 1. The van der Waals surface area contributed by atoms with Crippen molar-refractivity contribution in [3.05, 3.63) is 51.1 Å². The minimum Gasteiger partial charge on any atom is -0.508 e. The number of aromatic hydroxyl groups is 1. The molecular formula is C17H20INO3. The van der Waals surface area contributed by atoms with Crippen molar-refractivity contribution in [3.63, 3.8) is 0 Å². The fourth-order valence-corrected chi connectivity index (χ4v) is 2.91. The van der Waals surface area contributed by atoms with Crippen molar-refractivity contribution < 1.29 is 14.6 Å². The Labute approximate surface area is 144 Å². The van der Waals surface area contributed by atoms with Gasteiger partial charge in [-0.3, -0.25) is 0 Å². The molecule has 0 atom stereocenters. The Bertz CT molecular complexity index is 631. The summed E-state index contributed by atoms with van der Waals surface area (Å²) < 4.78 is 11.5. The molecule has 0 fully saturated rings. The van der Waals surface area contributed by atoms with Gasteiger partial charge in [0.15, 0.2) is 0 Å². The number of rotatable bonds is 7. The van der Waals surface area contributed by atoms with Crippen LogP contribution in [0.4, 0.5) is 0 Å². The summed E-state index contributed by atoms with van der Waals surface area (Å²) in [7, 11) is 3.31. The number of nitrogens with one attached hydrogen (secondary N) is 1. The molecule has 0 heterocycles. The first-order chi connectivity index (χ1) is 10.7. The van der Waals surface area contributed by atoms with E-state index in [9.17, 15) is 5.11 Å². The largest absolute Gasteiger partial charge is 0.508 e. The Morgan fingerprint density at radius 1 is 1.05 bits per heavy atom. The van der Waals surface area contributed by atoms with Crippen LogP contribution in [-0.4, -0.2) is 25.9 Å². The lowest BCUT2D eigenvalue weighted by atomic mass is 10.1. The Kier molecular flexibility index (Phi) is 6.33. The predicted octanol–water partition coefficient (Wildman–Crippen LogP) is 3.35.